The number of carbonyl (C=O) groups excluding carboxylic acids is 1. The molecular formula is C19H17F3N4O2S. The van der Waals surface area contributed by atoms with Gasteiger partial charge in [-0.15, -0.1) is 0 Å². The van der Waals surface area contributed by atoms with Gasteiger partial charge in [-0.3, -0.25) is 14.5 Å². The maximum absolute atomic E-state index is 12.8. The SMILES string of the molecule is COc1ccc(-c2n[nH]c(=S)n2CC(=O)NCc2cccc(C(F)(F)F)c2)cc1. The Kier molecular flexibility index (Phi) is 6.02. The average Bonchev–Trinajstić information content (AvgIpc) is 3.06. The summed E-state index contributed by atoms with van der Waals surface area (Å²) in [4.78, 5) is 12.3. The summed E-state index contributed by atoms with van der Waals surface area (Å²) < 4.78 is 45.3. The van der Waals surface area contributed by atoms with Gasteiger partial charge in [0.05, 0.1) is 12.7 Å². The van der Waals surface area contributed by atoms with Crippen molar-refractivity contribution in [1.29, 1.82) is 0 Å². The summed E-state index contributed by atoms with van der Waals surface area (Å²) in [5.41, 5.74) is 0.311. The molecule has 0 unspecified atom stereocenters. The summed E-state index contributed by atoms with van der Waals surface area (Å²) in [6, 6.07) is 11.9. The molecule has 0 saturated carbocycles. The third-order valence-corrected chi connectivity index (χ3v) is 4.46. The summed E-state index contributed by atoms with van der Waals surface area (Å²) in [6.45, 7) is -0.165. The topological polar surface area (TPSA) is 71.9 Å². The molecule has 2 N–H and O–H groups in total. The summed E-state index contributed by atoms with van der Waals surface area (Å²) in [7, 11) is 1.56. The Morgan fingerprint density at radius 1 is 1.24 bits per heavy atom. The van der Waals surface area contributed by atoms with E-state index in [1.165, 1.54) is 16.7 Å². The van der Waals surface area contributed by atoms with Crippen LogP contribution in [-0.2, 0) is 24.1 Å². The molecule has 0 aliphatic rings. The Morgan fingerprint density at radius 3 is 2.62 bits per heavy atom. The first-order valence-electron chi connectivity index (χ1n) is 8.50. The fraction of sp³-hybridized carbons (Fsp3) is 0.211. The van der Waals surface area contributed by atoms with E-state index in [2.05, 4.69) is 15.5 Å². The molecule has 1 aromatic heterocycles. The van der Waals surface area contributed by atoms with Crippen LogP contribution in [-0.4, -0.2) is 27.8 Å². The number of alkyl halides is 3. The molecule has 6 nitrogen and oxygen atoms in total. The number of hydrogen-bond donors (Lipinski definition) is 2. The molecule has 0 fully saturated rings. The third-order valence-electron chi connectivity index (χ3n) is 4.15. The summed E-state index contributed by atoms with van der Waals surface area (Å²) in [6.07, 6.45) is -4.43. The van der Waals surface area contributed by atoms with E-state index >= 15 is 0 Å². The van der Waals surface area contributed by atoms with Crippen molar-refractivity contribution in [3.8, 4) is 17.1 Å². The van der Waals surface area contributed by atoms with Crippen LogP contribution < -0.4 is 10.1 Å². The highest BCUT2D eigenvalue weighted by Gasteiger charge is 2.30. The zero-order chi connectivity index (χ0) is 21.0. The number of halogens is 3. The molecular weight excluding hydrogens is 405 g/mol. The molecule has 0 spiro atoms. The van der Waals surface area contributed by atoms with Crippen molar-refractivity contribution in [3.05, 3.63) is 64.4 Å². The van der Waals surface area contributed by atoms with Gasteiger partial charge in [-0.25, -0.2) is 0 Å². The van der Waals surface area contributed by atoms with Crippen LogP contribution >= 0.6 is 12.2 Å². The fourth-order valence-electron chi connectivity index (χ4n) is 2.68. The maximum atomic E-state index is 12.8. The molecule has 2 aromatic carbocycles. The lowest BCUT2D eigenvalue weighted by Gasteiger charge is -2.11. The first-order chi connectivity index (χ1) is 13.8. The molecule has 10 heteroatoms. The van der Waals surface area contributed by atoms with Crippen molar-refractivity contribution in [3.63, 3.8) is 0 Å². The number of carbonyl (C=O) groups is 1. The molecule has 0 bridgehead atoms. The molecule has 152 valence electrons. The van der Waals surface area contributed by atoms with Gasteiger partial charge in [0, 0.05) is 12.1 Å². The lowest BCUT2D eigenvalue weighted by atomic mass is 10.1. The first-order valence-corrected chi connectivity index (χ1v) is 8.91. The van der Waals surface area contributed by atoms with Crippen molar-refractivity contribution in [2.45, 2.75) is 19.3 Å². The molecule has 0 atom stereocenters. The molecule has 0 aliphatic carbocycles. The Balaban J connectivity index is 1.70. The van der Waals surface area contributed by atoms with Gasteiger partial charge in [-0.1, -0.05) is 12.1 Å². The fourth-order valence-corrected chi connectivity index (χ4v) is 2.88. The van der Waals surface area contributed by atoms with Gasteiger partial charge in [-0.2, -0.15) is 18.3 Å². The molecule has 1 amide bonds. The number of aromatic amines is 1. The van der Waals surface area contributed by atoms with E-state index in [1.54, 1.807) is 31.4 Å². The van der Waals surface area contributed by atoms with E-state index in [-0.39, 0.29) is 17.9 Å². The van der Waals surface area contributed by atoms with E-state index in [1.807, 2.05) is 0 Å². The molecule has 0 aliphatic heterocycles. The van der Waals surface area contributed by atoms with E-state index in [0.29, 0.717) is 17.1 Å². The number of rotatable bonds is 6. The highest BCUT2D eigenvalue weighted by atomic mass is 32.1. The largest absolute Gasteiger partial charge is 0.497 e. The summed E-state index contributed by atoms with van der Waals surface area (Å²) >= 11 is 5.19. The van der Waals surface area contributed by atoms with Crippen LogP contribution in [0.3, 0.4) is 0 Å². The number of hydrogen-bond acceptors (Lipinski definition) is 4. The Hall–Kier alpha value is -3.14. The van der Waals surface area contributed by atoms with Gasteiger partial charge in [0.2, 0.25) is 5.91 Å². The molecule has 29 heavy (non-hydrogen) atoms. The minimum Gasteiger partial charge on any atom is -0.497 e. The minimum atomic E-state index is -4.43. The van der Waals surface area contributed by atoms with Gasteiger partial charge in [0.25, 0.3) is 0 Å². The Bertz CT molecular complexity index is 1060. The zero-order valence-corrected chi connectivity index (χ0v) is 16.1. The quantitative estimate of drug-likeness (QED) is 0.590. The molecule has 0 radical (unpaired) electrons. The van der Waals surface area contributed by atoms with Crippen molar-refractivity contribution in [1.82, 2.24) is 20.1 Å². The molecule has 3 rings (SSSR count). The number of nitrogens with one attached hydrogen (secondary N) is 2. The van der Waals surface area contributed by atoms with Crippen molar-refractivity contribution in [2.75, 3.05) is 7.11 Å². The highest BCUT2D eigenvalue weighted by Crippen LogP contribution is 2.29. The average molecular weight is 422 g/mol. The van der Waals surface area contributed by atoms with Crippen LogP contribution in [0.5, 0.6) is 5.75 Å². The number of methoxy groups -OCH3 is 1. The van der Waals surface area contributed by atoms with E-state index in [0.717, 1.165) is 17.7 Å². The predicted molar refractivity (Wildman–Crippen MR) is 103 cm³/mol. The second-order valence-electron chi connectivity index (χ2n) is 6.14. The first kappa shape index (κ1) is 20.6. The van der Waals surface area contributed by atoms with E-state index < -0.39 is 17.6 Å². The molecule has 3 aromatic rings. The van der Waals surface area contributed by atoms with Crippen LogP contribution in [0.1, 0.15) is 11.1 Å². The van der Waals surface area contributed by atoms with Crippen molar-refractivity contribution < 1.29 is 22.7 Å². The van der Waals surface area contributed by atoms with Gasteiger partial charge in [0.1, 0.15) is 12.3 Å². The predicted octanol–water partition coefficient (Wildman–Crippen LogP) is 3.95. The standard InChI is InChI=1S/C19H17F3N4O2S/c1-28-15-7-5-13(6-8-15)17-24-25-18(29)26(17)11-16(27)23-10-12-3-2-4-14(9-12)19(20,21)22/h2-9H,10-11H2,1H3,(H,23,27)(H,25,29). The van der Waals surface area contributed by atoms with Crippen molar-refractivity contribution >= 4 is 18.1 Å². The lowest BCUT2D eigenvalue weighted by Crippen LogP contribution is -2.27. The smallest absolute Gasteiger partial charge is 0.416 e. The Labute approximate surface area is 169 Å². The van der Waals surface area contributed by atoms with Crippen LogP contribution in [0.25, 0.3) is 11.4 Å². The second-order valence-corrected chi connectivity index (χ2v) is 6.53. The van der Waals surface area contributed by atoms with Crippen LogP contribution in [0.2, 0.25) is 0 Å². The number of ether oxygens (including phenoxy) is 1. The van der Waals surface area contributed by atoms with Gasteiger partial charge in [-0.05, 0) is 54.2 Å². The van der Waals surface area contributed by atoms with Crippen LogP contribution in [0, 0.1) is 4.77 Å². The number of nitrogens with zero attached hydrogens (tertiary/aromatic N) is 2. The van der Waals surface area contributed by atoms with Crippen LogP contribution in [0.15, 0.2) is 48.5 Å². The van der Waals surface area contributed by atoms with E-state index in [9.17, 15) is 18.0 Å². The van der Waals surface area contributed by atoms with E-state index in [4.69, 9.17) is 17.0 Å². The Morgan fingerprint density at radius 2 is 1.97 bits per heavy atom. The van der Waals surface area contributed by atoms with Crippen molar-refractivity contribution in [2.24, 2.45) is 0 Å². The molecule has 1 heterocycles. The monoisotopic (exact) mass is 422 g/mol. The highest BCUT2D eigenvalue weighted by molar-refractivity contribution is 7.71. The maximum Gasteiger partial charge on any atom is 0.416 e. The number of amides is 1. The minimum absolute atomic E-state index is 0.0359. The summed E-state index contributed by atoms with van der Waals surface area (Å²) in [5.74, 6) is 0.731. The van der Waals surface area contributed by atoms with Gasteiger partial charge in [0.15, 0.2) is 10.6 Å². The van der Waals surface area contributed by atoms with Gasteiger partial charge >= 0.3 is 6.18 Å². The third kappa shape index (κ3) is 5.02. The summed E-state index contributed by atoms with van der Waals surface area (Å²) in [5, 5.41) is 9.40. The number of aromatic nitrogens is 3. The lowest BCUT2D eigenvalue weighted by molar-refractivity contribution is -0.137. The second kappa shape index (κ2) is 8.48. The number of H-pyrrole nitrogens is 1. The van der Waals surface area contributed by atoms with Crippen LogP contribution in [0.4, 0.5) is 13.2 Å². The molecule has 0 saturated heterocycles. The zero-order valence-electron chi connectivity index (χ0n) is 15.3. The normalized spacial score (nSPS) is 11.3. The van der Waals surface area contributed by atoms with Gasteiger partial charge < -0.3 is 10.1 Å². The number of benzene rings is 2.